The Morgan fingerprint density at radius 1 is 1.26 bits per heavy atom. The van der Waals surface area contributed by atoms with Crippen molar-refractivity contribution in [3.8, 4) is 0 Å². The highest BCUT2D eigenvalue weighted by Crippen LogP contribution is 2.46. The maximum Gasteiger partial charge on any atom is 0.128 e. The second-order valence-corrected chi connectivity index (χ2v) is 6.40. The molecule has 0 amide bonds. The van der Waals surface area contributed by atoms with Crippen LogP contribution in [-0.2, 0) is 5.54 Å². The van der Waals surface area contributed by atoms with Gasteiger partial charge >= 0.3 is 0 Å². The van der Waals surface area contributed by atoms with E-state index in [0.717, 1.165) is 25.3 Å². The molecule has 1 aromatic rings. The lowest BCUT2D eigenvalue weighted by molar-refractivity contribution is 0.105. The molecule has 1 aliphatic carbocycles. The van der Waals surface area contributed by atoms with Gasteiger partial charge in [-0.1, -0.05) is 27.2 Å². The van der Waals surface area contributed by atoms with E-state index in [9.17, 15) is 8.78 Å². The molecule has 1 saturated carbocycles. The van der Waals surface area contributed by atoms with Gasteiger partial charge in [-0.05, 0) is 48.8 Å². The topological polar surface area (TPSA) is 26.0 Å². The van der Waals surface area contributed by atoms with Crippen molar-refractivity contribution in [3.63, 3.8) is 0 Å². The normalized spacial score (nSPS) is 31.7. The van der Waals surface area contributed by atoms with Crippen molar-refractivity contribution in [2.24, 2.45) is 23.5 Å². The average molecular weight is 267 g/mol. The van der Waals surface area contributed by atoms with Crippen LogP contribution in [0.1, 0.15) is 45.6 Å². The van der Waals surface area contributed by atoms with Crippen molar-refractivity contribution in [1.82, 2.24) is 0 Å². The van der Waals surface area contributed by atoms with Crippen LogP contribution in [0, 0.1) is 29.4 Å². The molecule has 0 aliphatic heterocycles. The van der Waals surface area contributed by atoms with Crippen LogP contribution in [0.25, 0.3) is 0 Å². The summed E-state index contributed by atoms with van der Waals surface area (Å²) in [6, 6.07) is 3.62. The fourth-order valence-corrected chi connectivity index (χ4v) is 3.64. The molecule has 3 unspecified atom stereocenters. The van der Waals surface area contributed by atoms with Crippen LogP contribution in [0.3, 0.4) is 0 Å². The largest absolute Gasteiger partial charge is 0.321 e. The highest BCUT2D eigenvalue weighted by molar-refractivity contribution is 5.29. The minimum Gasteiger partial charge on any atom is -0.321 e. The maximum atomic E-state index is 14.1. The molecule has 3 heteroatoms. The van der Waals surface area contributed by atoms with Crippen molar-refractivity contribution in [2.45, 2.75) is 45.6 Å². The standard InChI is InChI=1S/C16H23F2N/c1-10(2)13-6-4-11(3)9-16(13,19)14-8-12(17)5-7-15(14)18/h5,7-8,10-11,13H,4,6,9,19H2,1-3H3. The highest BCUT2D eigenvalue weighted by Gasteiger charge is 2.44. The summed E-state index contributed by atoms with van der Waals surface area (Å²) in [7, 11) is 0. The summed E-state index contributed by atoms with van der Waals surface area (Å²) in [5, 5.41) is 0. The number of hydrogen-bond acceptors (Lipinski definition) is 1. The lowest BCUT2D eigenvalue weighted by atomic mass is 9.62. The smallest absolute Gasteiger partial charge is 0.128 e. The predicted octanol–water partition coefficient (Wildman–Crippen LogP) is 4.21. The van der Waals surface area contributed by atoms with Gasteiger partial charge in [-0.2, -0.15) is 0 Å². The Balaban J connectivity index is 2.49. The minimum atomic E-state index is -0.752. The van der Waals surface area contributed by atoms with E-state index in [1.54, 1.807) is 0 Å². The maximum absolute atomic E-state index is 14.1. The lowest BCUT2D eigenvalue weighted by Gasteiger charge is -2.46. The molecule has 1 fully saturated rings. The van der Waals surface area contributed by atoms with Gasteiger partial charge in [0.25, 0.3) is 0 Å². The van der Waals surface area contributed by atoms with Crippen LogP contribution in [0.5, 0.6) is 0 Å². The van der Waals surface area contributed by atoms with Crippen molar-refractivity contribution in [3.05, 3.63) is 35.4 Å². The van der Waals surface area contributed by atoms with Gasteiger partial charge in [0.2, 0.25) is 0 Å². The molecule has 0 radical (unpaired) electrons. The quantitative estimate of drug-likeness (QED) is 0.853. The number of rotatable bonds is 2. The first kappa shape index (κ1) is 14.4. The van der Waals surface area contributed by atoms with Crippen LogP contribution in [0.15, 0.2) is 18.2 Å². The molecule has 3 atom stereocenters. The second-order valence-electron chi connectivity index (χ2n) is 6.40. The van der Waals surface area contributed by atoms with Crippen LogP contribution in [-0.4, -0.2) is 0 Å². The molecule has 2 rings (SSSR count). The van der Waals surface area contributed by atoms with Crippen LogP contribution < -0.4 is 5.73 Å². The summed E-state index contributed by atoms with van der Waals surface area (Å²) in [4.78, 5) is 0. The summed E-state index contributed by atoms with van der Waals surface area (Å²) in [5.74, 6) is 0.202. The third-order valence-electron chi connectivity index (χ3n) is 4.55. The summed E-state index contributed by atoms with van der Waals surface area (Å²) in [5.41, 5.74) is 6.17. The van der Waals surface area contributed by atoms with Gasteiger partial charge in [-0.25, -0.2) is 8.78 Å². The lowest BCUT2D eigenvalue weighted by Crippen LogP contribution is -2.50. The Bertz CT molecular complexity index is 458. The third kappa shape index (κ3) is 2.66. The number of hydrogen-bond donors (Lipinski definition) is 1. The summed E-state index contributed by atoms with van der Waals surface area (Å²) in [6.45, 7) is 6.36. The molecule has 1 aromatic carbocycles. The van der Waals surface area contributed by atoms with Crippen LogP contribution in [0.2, 0.25) is 0 Å². The molecular formula is C16H23F2N. The second kappa shape index (κ2) is 5.20. The zero-order valence-electron chi connectivity index (χ0n) is 11.9. The first-order chi connectivity index (χ1) is 8.84. The van der Waals surface area contributed by atoms with Crippen molar-refractivity contribution >= 4 is 0 Å². The van der Waals surface area contributed by atoms with Gasteiger partial charge in [-0.3, -0.25) is 0 Å². The molecule has 106 valence electrons. The fraction of sp³-hybridized carbons (Fsp3) is 0.625. The van der Waals surface area contributed by atoms with Crippen molar-refractivity contribution < 1.29 is 8.78 Å². The van der Waals surface area contributed by atoms with E-state index in [2.05, 4.69) is 20.8 Å². The number of nitrogens with two attached hydrogens (primary N) is 1. The summed E-state index contributed by atoms with van der Waals surface area (Å²) >= 11 is 0. The van der Waals surface area contributed by atoms with E-state index in [1.165, 1.54) is 12.1 Å². The third-order valence-corrected chi connectivity index (χ3v) is 4.55. The Hall–Kier alpha value is -0.960. The Morgan fingerprint density at radius 3 is 2.58 bits per heavy atom. The molecule has 0 spiro atoms. The molecule has 0 heterocycles. The molecule has 0 bridgehead atoms. The Labute approximate surface area is 114 Å². The van der Waals surface area contributed by atoms with Crippen molar-refractivity contribution in [2.75, 3.05) is 0 Å². The van der Waals surface area contributed by atoms with Crippen LogP contribution in [0.4, 0.5) is 8.78 Å². The van der Waals surface area contributed by atoms with E-state index >= 15 is 0 Å². The summed E-state index contributed by atoms with van der Waals surface area (Å²) < 4.78 is 27.6. The van der Waals surface area contributed by atoms with Gasteiger partial charge in [0.15, 0.2) is 0 Å². The zero-order chi connectivity index (χ0) is 14.2. The van der Waals surface area contributed by atoms with Gasteiger partial charge in [0.05, 0.1) is 0 Å². The fourth-order valence-electron chi connectivity index (χ4n) is 3.64. The van der Waals surface area contributed by atoms with E-state index in [4.69, 9.17) is 5.73 Å². The Morgan fingerprint density at radius 2 is 1.95 bits per heavy atom. The average Bonchev–Trinajstić information content (AvgIpc) is 2.31. The van der Waals surface area contributed by atoms with E-state index in [-0.39, 0.29) is 11.7 Å². The number of benzene rings is 1. The minimum absolute atomic E-state index is 0.194. The predicted molar refractivity (Wildman–Crippen MR) is 73.6 cm³/mol. The number of halogens is 2. The molecule has 1 aliphatic rings. The van der Waals surface area contributed by atoms with E-state index in [1.807, 2.05) is 0 Å². The molecule has 2 N–H and O–H groups in total. The van der Waals surface area contributed by atoms with Crippen LogP contribution >= 0.6 is 0 Å². The Kier molecular flexibility index (Phi) is 3.95. The zero-order valence-corrected chi connectivity index (χ0v) is 11.9. The van der Waals surface area contributed by atoms with E-state index in [0.29, 0.717) is 17.4 Å². The van der Waals surface area contributed by atoms with E-state index < -0.39 is 11.4 Å². The monoisotopic (exact) mass is 267 g/mol. The highest BCUT2D eigenvalue weighted by atomic mass is 19.1. The summed E-state index contributed by atoms with van der Waals surface area (Å²) in [6.07, 6.45) is 2.81. The van der Waals surface area contributed by atoms with Crippen molar-refractivity contribution in [1.29, 1.82) is 0 Å². The first-order valence-electron chi connectivity index (χ1n) is 7.09. The molecular weight excluding hydrogens is 244 g/mol. The van der Waals surface area contributed by atoms with Gasteiger partial charge in [0, 0.05) is 11.1 Å². The molecule has 0 saturated heterocycles. The molecule has 0 aromatic heterocycles. The SMILES string of the molecule is CC1CCC(C(C)C)C(N)(c2cc(F)ccc2F)C1. The van der Waals surface area contributed by atoms with Gasteiger partial charge < -0.3 is 5.73 Å². The first-order valence-corrected chi connectivity index (χ1v) is 7.09. The van der Waals surface area contributed by atoms with Gasteiger partial charge in [-0.15, -0.1) is 0 Å². The molecule has 1 nitrogen and oxygen atoms in total. The van der Waals surface area contributed by atoms with Gasteiger partial charge in [0.1, 0.15) is 11.6 Å². The molecule has 19 heavy (non-hydrogen) atoms.